The Kier molecular flexibility index (Phi) is 5.14. The van der Waals surface area contributed by atoms with Gasteiger partial charge in [-0.05, 0) is 36.8 Å². The van der Waals surface area contributed by atoms with Crippen LogP contribution in [-0.4, -0.2) is 39.5 Å². The van der Waals surface area contributed by atoms with Gasteiger partial charge in [0.25, 0.3) is 5.91 Å². The van der Waals surface area contributed by atoms with Crippen molar-refractivity contribution >= 4 is 37.2 Å². The van der Waals surface area contributed by atoms with Crippen LogP contribution in [0.2, 0.25) is 5.02 Å². The molecule has 0 saturated carbocycles. The number of halogens is 1. The summed E-state index contributed by atoms with van der Waals surface area (Å²) in [4.78, 5) is 12.2. The predicted octanol–water partition coefficient (Wildman–Crippen LogP) is 1.82. The van der Waals surface area contributed by atoms with E-state index >= 15 is 0 Å². The van der Waals surface area contributed by atoms with Crippen molar-refractivity contribution in [1.29, 1.82) is 0 Å². The van der Waals surface area contributed by atoms with E-state index in [-0.39, 0.29) is 34.2 Å². The molecule has 1 aliphatic rings. The summed E-state index contributed by atoms with van der Waals surface area (Å²) in [6.45, 7) is 0.125. The molecule has 1 aliphatic heterocycles. The van der Waals surface area contributed by atoms with Crippen molar-refractivity contribution in [3.63, 3.8) is 0 Å². The van der Waals surface area contributed by atoms with E-state index in [4.69, 9.17) is 16.0 Å². The molecule has 3 rings (SSSR count). The van der Waals surface area contributed by atoms with Crippen LogP contribution in [0, 0.1) is 0 Å². The Balaban J connectivity index is 1.84. The highest BCUT2D eigenvalue weighted by atomic mass is 35.5. The Labute approximate surface area is 156 Å². The maximum Gasteiger partial charge on any atom is 0.253 e. The van der Waals surface area contributed by atoms with E-state index in [1.807, 2.05) is 0 Å². The summed E-state index contributed by atoms with van der Waals surface area (Å²) in [5.74, 6) is -0.573. The first kappa shape index (κ1) is 18.9. The molecule has 0 bridgehead atoms. The van der Waals surface area contributed by atoms with Crippen molar-refractivity contribution in [2.75, 3.05) is 11.5 Å². The number of hydrogen-bond acceptors (Lipinski definition) is 6. The molecule has 7 nitrogen and oxygen atoms in total. The molecule has 1 N–H and O–H groups in total. The lowest BCUT2D eigenvalue weighted by atomic mass is 10.2. The van der Waals surface area contributed by atoms with Crippen molar-refractivity contribution in [3.8, 4) is 0 Å². The summed E-state index contributed by atoms with van der Waals surface area (Å²) in [6.07, 6.45) is 1.52. The number of nitrogens with one attached hydrogen (secondary N) is 1. The van der Waals surface area contributed by atoms with Crippen LogP contribution in [0.1, 0.15) is 22.5 Å². The Morgan fingerprint density at radius 3 is 2.69 bits per heavy atom. The van der Waals surface area contributed by atoms with Crippen molar-refractivity contribution < 1.29 is 26.0 Å². The van der Waals surface area contributed by atoms with Gasteiger partial charge in [-0.1, -0.05) is 11.6 Å². The lowest BCUT2D eigenvalue weighted by Crippen LogP contribution is -2.25. The topological polar surface area (TPSA) is 111 Å². The largest absolute Gasteiger partial charge is 0.467 e. The second-order valence-corrected chi connectivity index (χ2v) is 10.8. The Morgan fingerprint density at radius 1 is 1.31 bits per heavy atom. The molecule has 1 unspecified atom stereocenters. The highest BCUT2D eigenvalue weighted by Crippen LogP contribution is 2.28. The van der Waals surface area contributed by atoms with Gasteiger partial charge < -0.3 is 9.73 Å². The fraction of sp³-hybridized carbons (Fsp3) is 0.312. The van der Waals surface area contributed by atoms with Crippen molar-refractivity contribution in [2.45, 2.75) is 23.1 Å². The first-order chi connectivity index (χ1) is 12.2. The smallest absolute Gasteiger partial charge is 0.253 e. The summed E-state index contributed by atoms with van der Waals surface area (Å²) in [5, 5.41) is 1.69. The number of benzene rings is 1. The maximum atomic E-state index is 12.7. The van der Waals surface area contributed by atoms with Crippen molar-refractivity contribution in [1.82, 2.24) is 5.32 Å². The summed E-state index contributed by atoms with van der Waals surface area (Å²) in [5.41, 5.74) is 0.000141. The van der Waals surface area contributed by atoms with E-state index in [0.29, 0.717) is 5.76 Å². The highest BCUT2D eigenvalue weighted by Gasteiger charge is 2.38. The molecule has 0 radical (unpaired) electrons. The third kappa shape index (κ3) is 3.94. The van der Waals surface area contributed by atoms with E-state index < -0.39 is 36.6 Å². The Bertz CT molecular complexity index is 1030. The molecular formula is C16H16ClNO6S2. The van der Waals surface area contributed by atoms with Crippen molar-refractivity contribution in [3.05, 3.63) is 52.9 Å². The van der Waals surface area contributed by atoms with E-state index in [1.54, 1.807) is 12.1 Å². The standard InChI is InChI=1S/C16H16ClNO6S2/c17-15-4-3-12(26(22,23)13-5-7-25(20,21)10-13)8-14(15)16(19)18-9-11-2-1-6-24-11/h1-4,6,8,13H,5,7,9-10H2,(H,18,19). The van der Waals surface area contributed by atoms with Gasteiger partial charge in [-0.15, -0.1) is 0 Å². The normalized spacial score (nSPS) is 19.3. The molecule has 140 valence electrons. The lowest BCUT2D eigenvalue weighted by Gasteiger charge is -2.12. The predicted molar refractivity (Wildman–Crippen MR) is 95.6 cm³/mol. The SMILES string of the molecule is O=C(NCc1ccco1)c1cc(S(=O)(=O)C2CCS(=O)(=O)C2)ccc1Cl. The van der Waals surface area contributed by atoms with Gasteiger partial charge >= 0.3 is 0 Å². The molecule has 1 amide bonds. The van der Waals surface area contributed by atoms with Gasteiger partial charge in [0.15, 0.2) is 19.7 Å². The molecule has 2 heterocycles. The number of carbonyl (C=O) groups is 1. The van der Waals surface area contributed by atoms with Gasteiger partial charge in [0, 0.05) is 0 Å². The number of rotatable bonds is 5. The summed E-state index contributed by atoms with van der Waals surface area (Å²) < 4.78 is 53.7. The second-order valence-electron chi connectivity index (χ2n) is 5.97. The minimum Gasteiger partial charge on any atom is -0.467 e. The summed E-state index contributed by atoms with van der Waals surface area (Å²) >= 11 is 6.03. The van der Waals surface area contributed by atoms with Gasteiger partial charge in [-0.25, -0.2) is 16.8 Å². The third-order valence-corrected chi connectivity index (χ3v) is 8.64. The fourth-order valence-corrected chi connectivity index (χ4v) is 7.32. The van der Waals surface area contributed by atoms with Gasteiger partial charge in [-0.2, -0.15) is 0 Å². The molecule has 1 aromatic carbocycles. The maximum absolute atomic E-state index is 12.7. The fourth-order valence-electron chi connectivity index (χ4n) is 2.73. The number of carbonyl (C=O) groups excluding carboxylic acids is 1. The molecule has 0 spiro atoms. The molecule has 26 heavy (non-hydrogen) atoms. The van der Waals surface area contributed by atoms with E-state index in [0.717, 1.165) is 0 Å². The molecule has 2 aromatic rings. The molecule has 10 heteroatoms. The number of hydrogen-bond donors (Lipinski definition) is 1. The van der Waals surface area contributed by atoms with Crippen LogP contribution in [0.4, 0.5) is 0 Å². The van der Waals surface area contributed by atoms with Crippen molar-refractivity contribution in [2.24, 2.45) is 0 Å². The van der Waals surface area contributed by atoms with Crippen LogP contribution < -0.4 is 5.32 Å². The van der Waals surface area contributed by atoms with E-state index in [1.165, 1.54) is 24.5 Å². The number of amides is 1. The zero-order valence-electron chi connectivity index (χ0n) is 13.5. The highest BCUT2D eigenvalue weighted by molar-refractivity contribution is 7.96. The van der Waals surface area contributed by atoms with Crippen LogP contribution >= 0.6 is 11.6 Å². The van der Waals surface area contributed by atoms with E-state index in [2.05, 4.69) is 5.32 Å². The molecule has 1 saturated heterocycles. The molecular weight excluding hydrogens is 402 g/mol. The molecule has 1 fully saturated rings. The first-order valence-corrected chi connectivity index (χ1v) is 11.5. The van der Waals surface area contributed by atoms with Crippen LogP contribution in [0.25, 0.3) is 0 Å². The Morgan fingerprint density at radius 2 is 2.08 bits per heavy atom. The van der Waals surface area contributed by atoms with Crippen LogP contribution in [0.15, 0.2) is 45.9 Å². The van der Waals surface area contributed by atoms with Crippen LogP contribution in [0.5, 0.6) is 0 Å². The second kappa shape index (κ2) is 7.05. The van der Waals surface area contributed by atoms with Gasteiger partial charge in [0.05, 0.1) is 45.0 Å². The number of sulfone groups is 2. The lowest BCUT2D eigenvalue weighted by molar-refractivity contribution is 0.0948. The first-order valence-electron chi connectivity index (χ1n) is 7.73. The summed E-state index contributed by atoms with van der Waals surface area (Å²) in [6, 6.07) is 7.15. The average Bonchev–Trinajstić information content (AvgIpc) is 3.22. The molecule has 1 aromatic heterocycles. The summed E-state index contributed by atoms with van der Waals surface area (Å²) in [7, 11) is -7.23. The zero-order chi connectivity index (χ0) is 18.9. The molecule has 1 atom stereocenters. The quantitative estimate of drug-likeness (QED) is 0.794. The monoisotopic (exact) mass is 417 g/mol. The van der Waals surface area contributed by atoms with Crippen LogP contribution in [-0.2, 0) is 26.2 Å². The number of furan rings is 1. The minimum atomic E-state index is -3.88. The van der Waals surface area contributed by atoms with Gasteiger partial charge in [0.1, 0.15) is 5.76 Å². The zero-order valence-corrected chi connectivity index (χ0v) is 15.9. The average molecular weight is 418 g/mol. The molecule has 0 aliphatic carbocycles. The third-order valence-electron chi connectivity index (χ3n) is 4.14. The van der Waals surface area contributed by atoms with Crippen LogP contribution in [0.3, 0.4) is 0 Å². The van der Waals surface area contributed by atoms with Gasteiger partial charge in [-0.3, -0.25) is 4.79 Å². The van der Waals surface area contributed by atoms with Gasteiger partial charge in [0.2, 0.25) is 0 Å². The Hall–Kier alpha value is -1.84. The minimum absolute atomic E-state index is 0.000141. The van der Waals surface area contributed by atoms with E-state index in [9.17, 15) is 21.6 Å².